The summed E-state index contributed by atoms with van der Waals surface area (Å²) in [5.74, 6) is 2.78. The van der Waals surface area contributed by atoms with E-state index in [1.807, 2.05) is 0 Å². The lowest BCUT2D eigenvalue weighted by atomic mass is 9.65. The number of hydrogen-bond donors (Lipinski definition) is 0. The minimum absolute atomic E-state index is 0.646. The predicted molar refractivity (Wildman–Crippen MR) is 64.4 cm³/mol. The Labute approximate surface area is 90.5 Å². The van der Waals surface area contributed by atoms with Crippen LogP contribution in [-0.4, -0.2) is 0 Å². The van der Waals surface area contributed by atoms with Gasteiger partial charge in [-0.1, -0.05) is 34.6 Å². The number of rotatable bonds is 3. The highest BCUT2D eigenvalue weighted by Gasteiger charge is 2.33. The molecular formula is C14H28. The molecule has 0 aromatic carbocycles. The summed E-state index contributed by atoms with van der Waals surface area (Å²) >= 11 is 0. The second-order valence-corrected chi connectivity index (χ2v) is 6.38. The Hall–Kier alpha value is 0. The van der Waals surface area contributed by atoms with Gasteiger partial charge in [-0.3, -0.25) is 0 Å². The van der Waals surface area contributed by atoms with Gasteiger partial charge in [0.05, 0.1) is 0 Å². The van der Waals surface area contributed by atoms with E-state index in [1.165, 1.54) is 32.1 Å². The molecule has 0 radical (unpaired) electrons. The fourth-order valence-electron chi connectivity index (χ4n) is 2.82. The summed E-state index contributed by atoms with van der Waals surface area (Å²) in [4.78, 5) is 0. The molecule has 0 heteroatoms. The van der Waals surface area contributed by atoms with Crippen molar-refractivity contribution in [3.05, 3.63) is 0 Å². The van der Waals surface area contributed by atoms with Crippen molar-refractivity contribution in [2.45, 2.75) is 66.7 Å². The van der Waals surface area contributed by atoms with Crippen molar-refractivity contribution < 1.29 is 0 Å². The summed E-state index contributed by atoms with van der Waals surface area (Å²) in [6.07, 6.45) is 7.33. The molecule has 0 atom stereocenters. The molecule has 0 saturated heterocycles. The van der Waals surface area contributed by atoms with Gasteiger partial charge in [0.15, 0.2) is 0 Å². The van der Waals surface area contributed by atoms with Gasteiger partial charge in [-0.15, -0.1) is 0 Å². The molecule has 0 bridgehead atoms. The average molecular weight is 196 g/mol. The molecule has 1 fully saturated rings. The Morgan fingerprint density at radius 1 is 1.07 bits per heavy atom. The van der Waals surface area contributed by atoms with Gasteiger partial charge in [0.1, 0.15) is 0 Å². The molecule has 84 valence electrons. The lowest BCUT2D eigenvalue weighted by molar-refractivity contribution is 0.104. The monoisotopic (exact) mass is 196 g/mol. The van der Waals surface area contributed by atoms with Crippen LogP contribution in [0.3, 0.4) is 0 Å². The zero-order valence-corrected chi connectivity index (χ0v) is 10.8. The first kappa shape index (κ1) is 12.1. The third-order valence-corrected chi connectivity index (χ3v) is 4.45. The maximum Gasteiger partial charge on any atom is -0.0303 e. The third kappa shape index (κ3) is 3.00. The molecule has 0 amide bonds. The fourth-order valence-corrected chi connectivity index (χ4v) is 2.82. The van der Waals surface area contributed by atoms with Crippen LogP contribution in [0.4, 0.5) is 0 Å². The van der Waals surface area contributed by atoms with Crippen molar-refractivity contribution in [2.75, 3.05) is 0 Å². The molecule has 0 spiro atoms. The smallest absolute Gasteiger partial charge is 0.0303 e. The van der Waals surface area contributed by atoms with Crippen molar-refractivity contribution in [1.82, 2.24) is 0 Å². The highest BCUT2D eigenvalue weighted by atomic mass is 14.4. The van der Waals surface area contributed by atoms with Crippen molar-refractivity contribution in [3.63, 3.8) is 0 Å². The van der Waals surface area contributed by atoms with Gasteiger partial charge in [0.25, 0.3) is 0 Å². The summed E-state index contributed by atoms with van der Waals surface area (Å²) in [7, 11) is 0. The first-order valence-corrected chi connectivity index (χ1v) is 6.44. The Morgan fingerprint density at radius 3 is 1.93 bits per heavy atom. The first-order chi connectivity index (χ1) is 6.44. The van der Waals surface area contributed by atoms with Crippen LogP contribution in [0.5, 0.6) is 0 Å². The molecule has 1 saturated carbocycles. The van der Waals surface area contributed by atoms with Crippen molar-refractivity contribution in [1.29, 1.82) is 0 Å². The van der Waals surface area contributed by atoms with Gasteiger partial charge in [-0.2, -0.15) is 0 Å². The fraction of sp³-hybridized carbons (Fsp3) is 1.00. The molecule has 0 aliphatic heterocycles. The van der Waals surface area contributed by atoms with E-state index in [2.05, 4.69) is 34.6 Å². The lowest BCUT2D eigenvalue weighted by Crippen LogP contribution is -2.29. The van der Waals surface area contributed by atoms with E-state index in [0.717, 1.165) is 17.8 Å². The van der Waals surface area contributed by atoms with Gasteiger partial charge < -0.3 is 0 Å². The summed E-state index contributed by atoms with van der Waals surface area (Å²) in [5, 5.41) is 0. The van der Waals surface area contributed by atoms with Crippen LogP contribution in [0, 0.1) is 23.2 Å². The highest BCUT2D eigenvalue weighted by Crippen LogP contribution is 2.45. The quantitative estimate of drug-likeness (QED) is 0.603. The molecule has 0 N–H and O–H groups in total. The molecule has 0 nitrogen and oxygen atoms in total. The van der Waals surface area contributed by atoms with E-state index in [4.69, 9.17) is 0 Å². The second-order valence-electron chi connectivity index (χ2n) is 6.38. The van der Waals surface area contributed by atoms with E-state index >= 15 is 0 Å². The van der Waals surface area contributed by atoms with Crippen LogP contribution >= 0.6 is 0 Å². The number of hydrogen-bond acceptors (Lipinski definition) is 0. The largest absolute Gasteiger partial charge is 0.0628 e. The average Bonchev–Trinajstić information content (AvgIpc) is 2.08. The Kier molecular flexibility index (Phi) is 4.04. The maximum absolute atomic E-state index is 2.49. The van der Waals surface area contributed by atoms with Crippen molar-refractivity contribution in [2.24, 2.45) is 23.2 Å². The molecule has 14 heavy (non-hydrogen) atoms. The molecule has 0 heterocycles. The highest BCUT2D eigenvalue weighted by molar-refractivity contribution is 4.84. The van der Waals surface area contributed by atoms with Crippen LogP contribution in [0.1, 0.15) is 66.7 Å². The zero-order chi connectivity index (χ0) is 10.8. The Balaban J connectivity index is 2.38. The summed E-state index contributed by atoms with van der Waals surface area (Å²) in [6.45, 7) is 12.0. The predicted octanol–water partition coefficient (Wildman–Crippen LogP) is 4.89. The topological polar surface area (TPSA) is 0 Å². The molecule has 0 unspecified atom stereocenters. The maximum atomic E-state index is 2.49. The van der Waals surface area contributed by atoms with Gasteiger partial charge in [-0.25, -0.2) is 0 Å². The van der Waals surface area contributed by atoms with Gasteiger partial charge >= 0.3 is 0 Å². The van der Waals surface area contributed by atoms with E-state index < -0.39 is 0 Å². The minimum Gasteiger partial charge on any atom is -0.0628 e. The van der Waals surface area contributed by atoms with Crippen LogP contribution in [0.15, 0.2) is 0 Å². The van der Waals surface area contributed by atoms with Crippen LogP contribution < -0.4 is 0 Å². The molecule has 0 aromatic heterocycles. The third-order valence-electron chi connectivity index (χ3n) is 4.45. The Bertz CT molecular complexity index is 159. The van der Waals surface area contributed by atoms with Gasteiger partial charge in [0.2, 0.25) is 0 Å². The molecule has 1 rings (SSSR count). The van der Waals surface area contributed by atoms with Crippen LogP contribution in [0.2, 0.25) is 0 Å². The van der Waals surface area contributed by atoms with Gasteiger partial charge in [-0.05, 0) is 55.3 Å². The summed E-state index contributed by atoms with van der Waals surface area (Å²) in [6, 6.07) is 0. The standard InChI is InChI=1S/C14H28/c1-11(2)10-13-6-8-14(5,9-7-13)12(3)4/h11-13H,6-10H2,1-5H3. The second kappa shape index (κ2) is 4.68. The molecular weight excluding hydrogens is 168 g/mol. The van der Waals surface area contributed by atoms with Gasteiger partial charge in [0, 0.05) is 0 Å². The van der Waals surface area contributed by atoms with Crippen LogP contribution in [0.25, 0.3) is 0 Å². The summed E-state index contributed by atoms with van der Waals surface area (Å²) in [5.41, 5.74) is 0.646. The van der Waals surface area contributed by atoms with Crippen molar-refractivity contribution >= 4 is 0 Å². The van der Waals surface area contributed by atoms with E-state index in [0.29, 0.717) is 5.41 Å². The van der Waals surface area contributed by atoms with E-state index in [-0.39, 0.29) is 0 Å². The SMILES string of the molecule is CC(C)CC1CCC(C)(C(C)C)CC1. The molecule has 0 aromatic rings. The van der Waals surface area contributed by atoms with E-state index in [9.17, 15) is 0 Å². The van der Waals surface area contributed by atoms with Crippen molar-refractivity contribution in [3.8, 4) is 0 Å². The molecule has 1 aliphatic carbocycles. The zero-order valence-electron chi connectivity index (χ0n) is 10.8. The minimum atomic E-state index is 0.646. The lowest BCUT2D eigenvalue weighted by Gasteiger charge is -2.41. The first-order valence-electron chi connectivity index (χ1n) is 6.44. The normalized spacial score (nSPS) is 34.1. The molecule has 1 aliphatic rings. The Morgan fingerprint density at radius 2 is 1.57 bits per heavy atom. The summed E-state index contributed by atoms with van der Waals surface area (Å²) < 4.78 is 0. The van der Waals surface area contributed by atoms with E-state index in [1.54, 1.807) is 0 Å². The van der Waals surface area contributed by atoms with Crippen LogP contribution in [-0.2, 0) is 0 Å².